The minimum absolute atomic E-state index is 0.0695. The van der Waals surface area contributed by atoms with Crippen LogP contribution in [0.2, 0.25) is 0 Å². The lowest BCUT2D eigenvalue weighted by Gasteiger charge is -2.30. The second-order valence-electron chi connectivity index (χ2n) is 5.84. The zero-order chi connectivity index (χ0) is 15.5. The number of non-ortho nitro benzene ring substituents is 1. The maximum Gasteiger partial charge on any atom is 0.269 e. The first-order valence-electron chi connectivity index (χ1n) is 7.56. The predicted molar refractivity (Wildman–Crippen MR) is 84.9 cm³/mol. The molecule has 2 aromatic rings. The highest BCUT2D eigenvalue weighted by Gasteiger charge is 2.26. The second kappa shape index (κ2) is 6.28. The largest absolute Gasteiger partial charge is 0.373 e. The Balaban J connectivity index is 1.79. The average Bonchev–Trinajstić information content (AvgIpc) is 2.56. The van der Waals surface area contributed by atoms with Crippen LogP contribution in [0.3, 0.4) is 0 Å². The summed E-state index contributed by atoms with van der Waals surface area (Å²) in [4.78, 5) is 10.6. The van der Waals surface area contributed by atoms with Gasteiger partial charge in [0.1, 0.15) is 0 Å². The molecule has 1 aliphatic heterocycles. The van der Waals surface area contributed by atoms with Crippen molar-refractivity contribution >= 4 is 5.69 Å². The number of rotatable bonds is 3. The number of nitro benzene ring substituents is 1. The fourth-order valence-corrected chi connectivity index (χ4v) is 3.01. The number of benzene rings is 2. The van der Waals surface area contributed by atoms with Crippen molar-refractivity contribution in [1.29, 1.82) is 0 Å². The Morgan fingerprint density at radius 2 is 1.91 bits per heavy atom. The van der Waals surface area contributed by atoms with Crippen LogP contribution in [0.4, 0.5) is 5.69 Å². The summed E-state index contributed by atoms with van der Waals surface area (Å²) in [6.07, 6.45) is 1.79. The van der Waals surface area contributed by atoms with E-state index in [0.717, 1.165) is 18.4 Å². The molecule has 3 rings (SSSR count). The molecular weight excluding hydrogens is 278 g/mol. The highest BCUT2D eigenvalue weighted by molar-refractivity contribution is 5.36. The quantitative estimate of drug-likeness (QED) is 0.617. The zero-order valence-corrected chi connectivity index (χ0v) is 12.6. The van der Waals surface area contributed by atoms with Crippen LogP contribution < -0.4 is 0 Å². The first-order chi connectivity index (χ1) is 10.6. The fourth-order valence-electron chi connectivity index (χ4n) is 3.01. The van der Waals surface area contributed by atoms with E-state index in [1.54, 1.807) is 12.1 Å². The molecule has 4 heteroatoms. The van der Waals surface area contributed by atoms with Crippen molar-refractivity contribution in [3.05, 3.63) is 75.3 Å². The number of hydrogen-bond acceptors (Lipinski definition) is 3. The van der Waals surface area contributed by atoms with Crippen LogP contribution >= 0.6 is 0 Å². The maximum atomic E-state index is 10.9. The standard InChI is InChI=1S/C18H19NO3/c1-13-5-7-14(8-6-13)15-9-10-22-18(12-15)16-3-2-4-17(11-16)19(20)21/h2-8,11,15,18H,9-10,12H2,1H3/t15-,18+/m0/s1. The highest BCUT2D eigenvalue weighted by Crippen LogP contribution is 2.38. The van der Waals surface area contributed by atoms with E-state index in [9.17, 15) is 10.1 Å². The molecule has 22 heavy (non-hydrogen) atoms. The molecule has 0 amide bonds. The Kier molecular flexibility index (Phi) is 4.20. The van der Waals surface area contributed by atoms with Gasteiger partial charge in [-0.2, -0.15) is 0 Å². The second-order valence-corrected chi connectivity index (χ2v) is 5.84. The first-order valence-corrected chi connectivity index (χ1v) is 7.56. The predicted octanol–water partition coefficient (Wildman–Crippen LogP) is 4.54. The molecule has 0 radical (unpaired) electrons. The summed E-state index contributed by atoms with van der Waals surface area (Å²) in [6, 6.07) is 15.4. The summed E-state index contributed by atoms with van der Waals surface area (Å²) in [6.45, 7) is 2.77. The van der Waals surface area contributed by atoms with Crippen molar-refractivity contribution in [3.63, 3.8) is 0 Å². The van der Waals surface area contributed by atoms with Crippen molar-refractivity contribution in [2.24, 2.45) is 0 Å². The zero-order valence-electron chi connectivity index (χ0n) is 12.6. The van der Waals surface area contributed by atoms with E-state index < -0.39 is 0 Å². The van der Waals surface area contributed by atoms with Gasteiger partial charge in [0.2, 0.25) is 0 Å². The van der Waals surface area contributed by atoms with Gasteiger partial charge < -0.3 is 4.74 Å². The first kappa shape index (κ1) is 14.7. The smallest absolute Gasteiger partial charge is 0.269 e. The molecule has 1 heterocycles. The Morgan fingerprint density at radius 1 is 1.14 bits per heavy atom. The van der Waals surface area contributed by atoms with Crippen LogP contribution in [-0.2, 0) is 4.74 Å². The number of aryl methyl sites for hydroxylation is 1. The van der Waals surface area contributed by atoms with Gasteiger partial charge >= 0.3 is 0 Å². The van der Waals surface area contributed by atoms with E-state index >= 15 is 0 Å². The summed E-state index contributed by atoms with van der Waals surface area (Å²) < 4.78 is 5.85. The van der Waals surface area contributed by atoms with E-state index in [4.69, 9.17) is 4.74 Å². The normalized spacial score (nSPS) is 21.5. The van der Waals surface area contributed by atoms with Crippen LogP contribution in [0.1, 0.15) is 41.6 Å². The van der Waals surface area contributed by atoms with E-state index in [1.165, 1.54) is 17.2 Å². The van der Waals surface area contributed by atoms with Crippen molar-refractivity contribution < 1.29 is 9.66 Å². The minimum Gasteiger partial charge on any atom is -0.373 e. The van der Waals surface area contributed by atoms with Gasteiger partial charge in [-0.15, -0.1) is 0 Å². The number of hydrogen-bond donors (Lipinski definition) is 0. The Hall–Kier alpha value is -2.20. The van der Waals surface area contributed by atoms with Gasteiger partial charge in [-0.3, -0.25) is 10.1 Å². The van der Waals surface area contributed by atoms with E-state index in [2.05, 4.69) is 31.2 Å². The monoisotopic (exact) mass is 297 g/mol. The van der Waals surface area contributed by atoms with Gasteiger partial charge in [0.15, 0.2) is 0 Å². The molecule has 1 aliphatic rings. The van der Waals surface area contributed by atoms with Crippen molar-refractivity contribution in [3.8, 4) is 0 Å². The van der Waals surface area contributed by atoms with Gasteiger partial charge in [0.05, 0.1) is 11.0 Å². The van der Waals surface area contributed by atoms with Crippen LogP contribution in [-0.4, -0.2) is 11.5 Å². The summed E-state index contributed by atoms with van der Waals surface area (Å²) in [5.74, 6) is 0.443. The average molecular weight is 297 g/mol. The topological polar surface area (TPSA) is 52.4 Å². The molecule has 4 nitrogen and oxygen atoms in total. The molecule has 0 aromatic heterocycles. The molecule has 2 atom stereocenters. The molecule has 0 unspecified atom stereocenters. The number of ether oxygens (including phenoxy) is 1. The summed E-state index contributed by atoms with van der Waals surface area (Å²) in [7, 11) is 0. The molecule has 0 N–H and O–H groups in total. The summed E-state index contributed by atoms with van der Waals surface area (Å²) in [5.41, 5.74) is 3.60. The number of nitrogens with zero attached hydrogens (tertiary/aromatic N) is 1. The minimum atomic E-state index is -0.357. The molecule has 1 saturated heterocycles. The highest BCUT2D eigenvalue weighted by atomic mass is 16.6. The Morgan fingerprint density at radius 3 is 2.64 bits per heavy atom. The summed E-state index contributed by atoms with van der Waals surface area (Å²) >= 11 is 0. The van der Waals surface area contributed by atoms with Gasteiger partial charge in [0, 0.05) is 18.7 Å². The third kappa shape index (κ3) is 3.17. The van der Waals surface area contributed by atoms with E-state index in [-0.39, 0.29) is 16.7 Å². The van der Waals surface area contributed by atoms with Crippen LogP contribution in [0.25, 0.3) is 0 Å². The van der Waals surface area contributed by atoms with Crippen LogP contribution in [0.15, 0.2) is 48.5 Å². The lowest BCUT2D eigenvalue weighted by Crippen LogP contribution is -2.18. The van der Waals surface area contributed by atoms with Gasteiger partial charge in [-0.05, 0) is 36.8 Å². The lowest BCUT2D eigenvalue weighted by atomic mass is 9.86. The maximum absolute atomic E-state index is 10.9. The summed E-state index contributed by atoms with van der Waals surface area (Å²) in [5, 5.41) is 10.9. The third-order valence-electron chi connectivity index (χ3n) is 4.29. The Labute approximate surface area is 129 Å². The molecule has 0 spiro atoms. The third-order valence-corrected chi connectivity index (χ3v) is 4.29. The molecule has 0 bridgehead atoms. The lowest BCUT2D eigenvalue weighted by molar-refractivity contribution is -0.385. The van der Waals surface area contributed by atoms with Gasteiger partial charge in [-0.1, -0.05) is 42.0 Å². The van der Waals surface area contributed by atoms with Crippen LogP contribution in [0.5, 0.6) is 0 Å². The van der Waals surface area contributed by atoms with Crippen LogP contribution in [0, 0.1) is 17.0 Å². The Bertz CT molecular complexity index is 666. The molecule has 114 valence electrons. The SMILES string of the molecule is Cc1ccc([C@H]2CCO[C@@H](c3cccc([N+](=O)[O-])c3)C2)cc1. The molecule has 0 saturated carbocycles. The van der Waals surface area contributed by atoms with Crippen molar-refractivity contribution in [2.45, 2.75) is 31.8 Å². The van der Waals surface area contributed by atoms with Gasteiger partial charge in [0.25, 0.3) is 5.69 Å². The number of nitro groups is 1. The molecular formula is C18H19NO3. The van der Waals surface area contributed by atoms with Gasteiger partial charge in [-0.25, -0.2) is 0 Å². The molecule has 2 aromatic carbocycles. The van der Waals surface area contributed by atoms with Crippen molar-refractivity contribution in [2.75, 3.05) is 6.61 Å². The molecule has 0 aliphatic carbocycles. The molecule has 1 fully saturated rings. The van der Waals surface area contributed by atoms with Crippen molar-refractivity contribution in [1.82, 2.24) is 0 Å². The fraction of sp³-hybridized carbons (Fsp3) is 0.333. The van der Waals surface area contributed by atoms with E-state index in [0.29, 0.717) is 12.5 Å². The van der Waals surface area contributed by atoms with E-state index in [1.807, 2.05) is 6.07 Å².